The summed E-state index contributed by atoms with van der Waals surface area (Å²) in [5.41, 5.74) is 2.52. The predicted molar refractivity (Wildman–Crippen MR) is 109 cm³/mol. The van der Waals surface area contributed by atoms with Crippen molar-refractivity contribution in [2.24, 2.45) is 0 Å². The lowest BCUT2D eigenvalue weighted by molar-refractivity contribution is -0.116. The number of nitrogens with one attached hydrogen (secondary N) is 2. The Morgan fingerprint density at radius 2 is 2.03 bits per heavy atom. The van der Waals surface area contributed by atoms with Gasteiger partial charge < -0.3 is 19.8 Å². The number of carbonyl (C=O) groups excluding carboxylic acids is 1. The molecule has 1 amide bonds. The molecule has 3 heterocycles. The maximum Gasteiger partial charge on any atom is 0.266 e. The number of rotatable bonds is 4. The lowest BCUT2D eigenvalue weighted by atomic mass is 9.99. The van der Waals surface area contributed by atoms with Crippen LogP contribution in [-0.2, 0) is 11.2 Å². The number of amides is 1. The molecule has 0 unspecified atom stereocenters. The van der Waals surface area contributed by atoms with E-state index < -0.39 is 5.56 Å². The van der Waals surface area contributed by atoms with Crippen LogP contribution in [0.25, 0.3) is 10.2 Å². The van der Waals surface area contributed by atoms with Gasteiger partial charge in [0.25, 0.3) is 5.56 Å². The normalized spacial score (nSPS) is 12.6. The number of pyridine rings is 1. The number of aryl methyl sites for hydroxylation is 1. The largest absolute Gasteiger partial charge is 0.486 e. The Morgan fingerprint density at radius 3 is 2.76 bits per heavy atom. The lowest BCUT2D eigenvalue weighted by Crippen LogP contribution is -2.18. The fourth-order valence-corrected chi connectivity index (χ4v) is 4.25. The Labute approximate surface area is 170 Å². The van der Waals surface area contributed by atoms with Gasteiger partial charge in [-0.3, -0.25) is 9.59 Å². The number of thiazole rings is 1. The van der Waals surface area contributed by atoms with Gasteiger partial charge in [-0.25, -0.2) is 4.98 Å². The molecule has 9 heteroatoms. The summed E-state index contributed by atoms with van der Waals surface area (Å²) >= 11 is 1.37. The van der Waals surface area contributed by atoms with Crippen molar-refractivity contribution >= 4 is 32.6 Å². The van der Waals surface area contributed by atoms with Gasteiger partial charge in [0.1, 0.15) is 24.8 Å². The summed E-state index contributed by atoms with van der Waals surface area (Å²) < 4.78 is 12.0. The Balaban J connectivity index is 1.48. The minimum atomic E-state index is -0.402. The van der Waals surface area contributed by atoms with Crippen molar-refractivity contribution < 1.29 is 14.3 Å². The molecular weight excluding hydrogens is 392 g/mol. The number of aromatic amines is 1. The van der Waals surface area contributed by atoms with Gasteiger partial charge in [0.05, 0.1) is 10.2 Å². The first-order chi connectivity index (χ1) is 14.0. The maximum atomic E-state index is 12.4. The Hall–Kier alpha value is -3.38. The molecule has 1 aliphatic heterocycles. The van der Waals surface area contributed by atoms with E-state index in [1.807, 2.05) is 18.2 Å². The smallest absolute Gasteiger partial charge is 0.266 e. The van der Waals surface area contributed by atoms with Gasteiger partial charge in [-0.1, -0.05) is 11.3 Å². The molecule has 148 valence electrons. The van der Waals surface area contributed by atoms with Crippen LogP contribution in [0.2, 0.25) is 0 Å². The molecule has 0 aliphatic carbocycles. The first kappa shape index (κ1) is 19.0. The Kier molecular flexibility index (Phi) is 4.94. The highest BCUT2D eigenvalue weighted by Crippen LogP contribution is 2.37. The van der Waals surface area contributed by atoms with Gasteiger partial charge in [0.15, 0.2) is 16.6 Å². The summed E-state index contributed by atoms with van der Waals surface area (Å²) in [5, 5.41) is 12.5. The first-order valence-electron chi connectivity index (χ1n) is 9.08. The highest BCUT2D eigenvalue weighted by atomic mass is 32.1. The highest BCUT2D eigenvalue weighted by Gasteiger charge is 2.17. The van der Waals surface area contributed by atoms with E-state index in [0.29, 0.717) is 47.5 Å². The number of fused-ring (bicyclic) bond motifs is 2. The SMILES string of the molecule is Cc1[nH]c(=O)c(C#N)c(C)c1CCC(=O)Nc1nc2cc3c(cc2s1)OCCO3. The average Bonchev–Trinajstić information content (AvgIpc) is 3.06. The second-order valence-corrected chi connectivity index (χ2v) is 7.73. The quantitative estimate of drug-likeness (QED) is 0.683. The van der Waals surface area contributed by atoms with Crippen molar-refractivity contribution in [2.45, 2.75) is 26.7 Å². The van der Waals surface area contributed by atoms with Crippen LogP contribution in [-0.4, -0.2) is 29.1 Å². The van der Waals surface area contributed by atoms with E-state index in [-0.39, 0.29) is 17.9 Å². The van der Waals surface area contributed by atoms with E-state index in [1.165, 1.54) is 11.3 Å². The van der Waals surface area contributed by atoms with Crippen LogP contribution in [0.4, 0.5) is 5.13 Å². The lowest BCUT2D eigenvalue weighted by Gasteiger charge is -2.17. The summed E-state index contributed by atoms with van der Waals surface area (Å²) in [6.45, 7) is 4.51. The number of anilines is 1. The molecule has 8 nitrogen and oxygen atoms in total. The van der Waals surface area contributed by atoms with Gasteiger partial charge in [0.2, 0.25) is 5.91 Å². The number of ether oxygens (including phenoxy) is 2. The van der Waals surface area contributed by atoms with Crippen LogP contribution in [0.15, 0.2) is 16.9 Å². The van der Waals surface area contributed by atoms with Crippen molar-refractivity contribution in [2.75, 3.05) is 18.5 Å². The zero-order chi connectivity index (χ0) is 20.5. The van der Waals surface area contributed by atoms with Crippen molar-refractivity contribution in [3.63, 3.8) is 0 Å². The van der Waals surface area contributed by atoms with Gasteiger partial charge in [-0.05, 0) is 31.4 Å². The molecule has 0 saturated heterocycles. The number of hydrogen-bond donors (Lipinski definition) is 2. The van der Waals surface area contributed by atoms with Crippen molar-refractivity contribution in [1.82, 2.24) is 9.97 Å². The number of nitrogens with zero attached hydrogens (tertiary/aromatic N) is 2. The number of hydrogen-bond acceptors (Lipinski definition) is 7. The number of aromatic nitrogens is 2. The van der Waals surface area contributed by atoms with Gasteiger partial charge in [-0.2, -0.15) is 5.26 Å². The summed E-state index contributed by atoms with van der Waals surface area (Å²) in [7, 11) is 0. The molecule has 0 spiro atoms. The van der Waals surface area contributed by atoms with Crippen LogP contribution in [0, 0.1) is 25.2 Å². The molecule has 0 bridgehead atoms. The average molecular weight is 410 g/mol. The van der Waals surface area contributed by atoms with Gasteiger partial charge >= 0.3 is 0 Å². The van der Waals surface area contributed by atoms with Crippen LogP contribution in [0.5, 0.6) is 11.5 Å². The number of nitriles is 1. The summed E-state index contributed by atoms with van der Waals surface area (Å²) in [6.07, 6.45) is 0.618. The third-order valence-corrected chi connectivity index (χ3v) is 5.75. The number of carbonyl (C=O) groups is 1. The molecule has 29 heavy (non-hydrogen) atoms. The zero-order valence-corrected chi connectivity index (χ0v) is 16.7. The van der Waals surface area contributed by atoms with E-state index in [4.69, 9.17) is 14.7 Å². The standard InChI is InChI=1S/C20H18N4O4S/c1-10-12(11(2)22-19(26)13(10)9-21)3-4-18(25)24-20-23-14-7-15-16(8-17(14)29-20)28-6-5-27-15/h7-8H,3-6H2,1-2H3,(H,22,26)(H,23,24,25). The molecular formula is C20H18N4O4S. The number of benzene rings is 1. The fourth-order valence-electron chi connectivity index (χ4n) is 3.36. The predicted octanol–water partition coefficient (Wildman–Crippen LogP) is 2.82. The summed E-state index contributed by atoms with van der Waals surface area (Å²) in [4.78, 5) is 31.4. The van der Waals surface area contributed by atoms with Gasteiger partial charge in [0, 0.05) is 24.2 Å². The monoisotopic (exact) mass is 410 g/mol. The van der Waals surface area contributed by atoms with Crippen LogP contribution in [0.1, 0.15) is 28.8 Å². The van der Waals surface area contributed by atoms with Crippen LogP contribution >= 0.6 is 11.3 Å². The minimum Gasteiger partial charge on any atom is -0.486 e. The first-order valence-corrected chi connectivity index (χ1v) is 9.90. The van der Waals surface area contributed by atoms with E-state index in [0.717, 1.165) is 15.8 Å². The molecule has 2 aromatic heterocycles. The molecule has 1 aliphatic rings. The fraction of sp³-hybridized carbons (Fsp3) is 0.300. The minimum absolute atomic E-state index is 0.0885. The molecule has 3 aromatic rings. The van der Waals surface area contributed by atoms with E-state index >= 15 is 0 Å². The second kappa shape index (κ2) is 7.56. The van der Waals surface area contributed by atoms with E-state index in [9.17, 15) is 9.59 Å². The third kappa shape index (κ3) is 3.67. The topological polar surface area (TPSA) is 117 Å². The third-order valence-electron chi connectivity index (χ3n) is 4.82. The Morgan fingerprint density at radius 1 is 1.31 bits per heavy atom. The zero-order valence-electron chi connectivity index (χ0n) is 15.9. The van der Waals surface area contributed by atoms with Crippen molar-refractivity contribution in [3.8, 4) is 17.6 Å². The van der Waals surface area contributed by atoms with Crippen LogP contribution in [0.3, 0.4) is 0 Å². The molecule has 4 rings (SSSR count). The van der Waals surface area contributed by atoms with E-state index in [2.05, 4.69) is 15.3 Å². The molecule has 1 aromatic carbocycles. The van der Waals surface area contributed by atoms with Crippen LogP contribution < -0.4 is 20.3 Å². The molecule has 0 fully saturated rings. The molecule has 0 atom stereocenters. The van der Waals surface area contributed by atoms with Gasteiger partial charge in [-0.15, -0.1) is 0 Å². The van der Waals surface area contributed by atoms with E-state index in [1.54, 1.807) is 13.8 Å². The van der Waals surface area contributed by atoms with Crippen molar-refractivity contribution in [3.05, 3.63) is 44.9 Å². The molecule has 0 radical (unpaired) electrons. The van der Waals surface area contributed by atoms with Crippen molar-refractivity contribution in [1.29, 1.82) is 5.26 Å². The summed E-state index contributed by atoms with van der Waals surface area (Å²) in [6, 6.07) is 5.60. The number of H-pyrrole nitrogens is 1. The highest BCUT2D eigenvalue weighted by molar-refractivity contribution is 7.22. The summed E-state index contributed by atoms with van der Waals surface area (Å²) in [5.74, 6) is 1.15. The molecule has 2 N–H and O–H groups in total. The maximum absolute atomic E-state index is 12.4. The molecule has 0 saturated carbocycles. The second-order valence-electron chi connectivity index (χ2n) is 6.70. The Bertz CT molecular complexity index is 1180.